The first-order valence-corrected chi connectivity index (χ1v) is 10.8. The molecule has 4 rings (SSSR count). The molecular weight excluding hydrogens is 332 g/mol. The van der Waals surface area contributed by atoms with Crippen molar-refractivity contribution in [2.45, 2.75) is 46.4 Å². The third-order valence-corrected chi connectivity index (χ3v) is 6.80. The van der Waals surface area contributed by atoms with E-state index in [-0.39, 0.29) is 0 Å². The van der Waals surface area contributed by atoms with Crippen molar-refractivity contribution in [3.8, 4) is 0 Å². The van der Waals surface area contributed by atoms with Crippen LogP contribution in [0.5, 0.6) is 0 Å². The number of hydrogen-bond donors (Lipinski definition) is 1. The highest BCUT2D eigenvalue weighted by molar-refractivity contribution is 8.00. The Morgan fingerprint density at radius 1 is 1.12 bits per heavy atom. The Morgan fingerprint density at radius 2 is 2.00 bits per heavy atom. The fourth-order valence-electron chi connectivity index (χ4n) is 3.63. The number of rotatable bonds is 4. The SMILES string of the molecule is CSc1ccc2c(c1)N(CC[C@@H]1CCCCN1)c1ccccc1S2. The Labute approximate surface area is 153 Å². The maximum absolute atomic E-state index is 3.69. The van der Waals surface area contributed by atoms with Crippen LogP contribution in [0.15, 0.2) is 57.2 Å². The lowest BCUT2D eigenvalue weighted by molar-refractivity contribution is 0.385. The quantitative estimate of drug-likeness (QED) is 0.723. The molecule has 2 heterocycles. The van der Waals surface area contributed by atoms with Crippen molar-refractivity contribution in [2.24, 2.45) is 0 Å². The molecule has 0 bridgehead atoms. The molecule has 1 N–H and O–H groups in total. The third kappa shape index (κ3) is 3.32. The number of nitrogens with one attached hydrogen (secondary N) is 1. The monoisotopic (exact) mass is 356 g/mol. The van der Waals surface area contributed by atoms with Gasteiger partial charge in [-0.2, -0.15) is 0 Å². The van der Waals surface area contributed by atoms with E-state index in [1.165, 1.54) is 58.3 Å². The standard InChI is InChI=1S/C20H24N2S2/c1-23-16-9-10-20-18(14-16)22(13-11-15-6-4-5-12-21-15)17-7-2-3-8-19(17)24-20/h2-3,7-10,14-15,21H,4-6,11-13H2,1H3/t15-/m0/s1. The zero-order chi connectivity index (χ0) is 16.4. The van der Waals surface area contributed by atoms with Crippen molar-refractivity contribution in [1.29, 1.82) is 0 Å². The van der Waals surface area contributed by atoms with E-state index >= 15 is 0 Å². The van der Waals surface area contributed by atoms with Gasteiger partial charge in [0.1, 0.15) is 0 Å². The summed E-state index contributed by atoms with van der Waals surface area (Å²) in [7, 11) is 0. The molecule has 0 aromatic heterocycles. The highest BCUT2D eigenvalue weighted by Gasteiger charge is 2.24. The number of thioether (sulfide) groups is 1. The van der Waals surface area contributed by atoms with Gasteiger partial charge in [-0.15, -0.1) is 11.8 Å². The predicted molar refractivity (Wildman–Crippen MR) is 106 cm³/mol. The molecule has 0 aliphatic carbocycles. The highest BCUT2D eigenvalue weighted by atomic mass is 32.2. The van der Waals surface area contributed by atoms with E-state index in [1.807, 2.05) is 23.5 Å². The molecule has 1 saturated heterocycles. The fourth-order valence-corrected chi connectivity index (χ4v) is 5.14. The molecule has 24 heavy (non-hydrogen) atoms. The topological polar surface area (TPSA) is 15.3 Å². The summed E-state index contributed by atoms with van der Waals surface area (Å²) < 4.78 is 0. The van der Waals surface area contributed by atoms with Gasteiger partial charge >= 0.3 is 0 Å². The van der Waals surface area contributed by atoms with Crippen LogP contribution >= 0.6 is 23.5 Å². The van der Waals surface area contributed by atoms with Gasteiger partial charge in [0.2, 0.25) is 0 Å². The molecule has 0 spiro atoms. The molecule has 2 aromatic carbocycles. The Balaban J connectivity index is 1.63. The van der Waals surface area contributed by atoms with Crippen LogP contribution in [0.2, 0.25) is 0 Å². The highest BCUT2D eigenvalue weighted by Crippen LogP contribution is 2.48. The number of anilines is 2. The minimum absolute atomic E-state index is 0.674. The summed E-state index contributed by atoms with van der Waals surface area (Å²) in [6.45, 7) is 2.27. The van der Waals surface area contributed by atoms with Gasteiger partial charge in [0.15, 0.2) is 0 Å². The van der Waals surface area contributed by atoms with Gasteiger partial charge in [-0.25, -0.2) is 0 Å². The number of para-hydroxylation sites is 1. The molecule has 2 nitrogen and oxygen atoms in total. The normalized spacial score (nSPS) is 19.7. The Morgan fingerprint density at radius 3 is 2.83 bits per heavy atom. The van der Waals surface area contributed by atoms with Crippen LogP contribution in [-0.4, -0.2) is 25.4 Å². The molecule has 1 atom stereocenters. The van der Waals surface area contributed by atoms with Crippen LogP contribution in [0, 0.1) is 0 Å². The zero-order valence-electron chi connectivity index (χ0n) is 14.1. The maximum atomic E-state index is 3.69. The van der Waals surface area contributed by atoms with Crippen LogP contribution in [0.25, 0.3) is 0 Å². The maximum Gasteiger partial charge on any atom is 0.0564 e. The number of fused-ring (bicyclic) bond motifs is 2. The number of benzene rings is 2. The summed E-state index contributed by atoms with van der Waals surface area (Å²) in [4.78, 5) is 6.63. The van der Waals surface area contributed by atoms with E-state index in [0.717, 1.165) is 6.54 Å². The van der Waals surface area contributed by atoms with Gasteiger partial charge in [-0.3, -0.25) is 0 Å². The third-order valence-electron chi connectivity index (χ3n) is 4.95. The first-order chi connectivity index (χ1) is 11.8. The molecule has 0 amide bonds. The van der Waals surface area contributed by atoms with E-state index in [9.17, 15) is 0 Å². The van der Waals surface area contributed by atoms with Crippen LogP contribution in [0.3, 0.4) is 0 Å². The summed E-state index contributed by atoms with van der Waals surface area (Å²) in [6.07, 6.45) is 7.39. The molecule has 2 aromatic rings. The van der Waals surface area contributed by atoms with Crippen molar-refractivity contribution < 1.29 is 0 Å². The van der Waals surface area contributed by atoms with Gasteiger partial charge < -0.3 is 10.2 Å². The van der Waals surface area contributed by atoms with Gasteiger partial charge in [-0.1, -0.05) is 30.3 Å². The summed E-state index contributed by atoms with van der Waals surface area (Å²) in [5.74, 6) is 0. The molecule has 2 aliphatic rings. The minimum atomic E-state index is 0.674. The first-order valence-electron chi connectivity index (χ1n) is 8.81. The summed E-state index contributed by atoms with van der Waals surface area (Å²) in [5, 5.41) is 3.69. The van der Waals surface area contributed by atoms with E-state index in [2.05, 4.69) is 58.9 Å². The molecule has 0 saturated carbocycles. The lowest BCUT2D eigenvalue weighted by Gasteiger charge is -2.34. The lowest BCUT2D eigenvalue weighted by atomic mass is 10.0. The van der Waals surface area contributed by atoms with Gasteiger partial charge in [0, 0.05) is 27.3 Å². The van der Waals surface area contributed by atoms with E-state index in [0.29, 0.717) is 6.04 Å². The summed E-state index contributed by atoms with van der Waals surface area (Å²) >= 11 is 3.72. The van der Waals surface area contributed by atoms with E-state index in [1.54, 1.807) is 0 Å². The Hall–Kier alpha value is -1.10. The van der Waals surface area contributed by atoms with Crippen LogP contribution in [-0.2, 0) is 0 Å². The van der Waals surface area contributed by atoms with Crippen LogP contribution in [0.4, 0.5) is 11.4 Å². The van der Waals surface area contributed by atoms with Crippen molar-refractivity contribution in [3.05, 3.63) is 42.5 Å². The van der Waals surface area contributed by atoms with Crippen LogP contribution in [0.1, 0.15) is 25.7 Å². The molecule has 126 valence electrons. The Bertz CT molecular complexity index is 711. The largest absolute Gasteiger partial charge is 0.340 e. The molecule has 0 radical (unpaired) electrons. The zero-order valence-corrected chi connectivity index (χ0v) is 15.8. The predicted octanol–water partition coefficient (Wildman–Crippen LogP) is 5.54. The number of hydrogen-bond acceptors (Lipinski definition) is 4. The van der Waals surface area contributed by atoms with E-state index < -0.39 is 0 Å². The number of piperidine rings is 1. The smallest absolute Gasteiger partial charge is 0.0564 e. The van der Waals surface area contributed by atoms with Crippen molar-refractivity contribution >= 4 is 34.9 Å². The summed E-state index contributed by atoms with van der Waals surface area (Å²) in [6, 6.07) is 16.4. The second-order valence-electron chi connectivity index (χ2n) is 6.49. The minimum Gasteiger partial charge on any atom is -0.340 e. The second kappa shape index (κ2) is 7.42. The molecule has 1 fully saturated rings. The summed E-state index contributed by atoms with van der Waals surface area (Å²) in [5.41, 5.74) is 2.74. The first kappa shape index (κ1) is 16.4. The Kier molecular flexibility index (Phi) is 5.06. The fraction of sp³-hybridized carbons (Fsp3) is 0.400. The second-order valence-corrected chi connectivity index (χ2v) is 8.45. The number of nitrogens with zero attached hydrogens (tertiary/aromatic N) is 1. The molecule has 0 unspecified atom stereocenters. The van der Waals surface area contributed by atoms with E-state index in [4.69, 9.17) is 0 Å². The molecule has 2 aliphatic heterocycles. The van der Waals surface area contributed by atoms with Crippen molar-refractivity contribution in [2.75, 3.05) is 24.2 Å². The van der Waals surface area contributed by atoms with Gasteiger partial charge in [-0.05, 0) is 62.4 Å². The average molecular weight is 357 g/mol. The van der Waals surface area contributed by atoms with Gasteiger partial charge in [0.25, 0.3) is 0 Å². The average Bonchev–Trinajstić information content (AvgIpc) is 2.65. The lowest BCUT2D eigenvalue weighted by Crippen LogP contribution is -2.37. The van der Waals surface area contributed by atoms with Gasteiger partial charge in [0.05, 0.1) is 11.4 Å². The van der Waals surface area contributed by atoms with Crippen LogP contribution < -0.4 is 10.2 Å². The molecule has 4 heteroatoms. The molecular formula is C20H24N2S2. The van der Waals surface area contributed by atoms with Crippen molar-refractivity contribution in [3.63, 3.8) is 0 Å². The van der Waals surface area contributed by atoms with Crippen molar-refractivity contribution in [1.82, 2.24) is 5.32 Å².